The van der Waals surface area contributed by atoms with Crippen molar-refractivity contribution in [2.75, 3.05) is 20.3 Å². The number of amides is 2. The zero-order valence-electron chi connectivity index (χ0n) is 12.3. The molecule has 116 valence electrons. The minimum absolute atomic E-state index is 0.0926. The molecule has 20 heavy (non-hydrogen) atoms. The molecule has 1 fully saturated rings. The lowest BCUT2D eigenvalue weighted by molar-refractivity contribution is -0.139. The third-order valence-corrected chi connectivity index (χ3v) is 3.73. The first-order valence-electron chi connectivity index (χ1n) is 6.81. The van der Waals surface area contributed by atoms with Crippen LogP contribution in [0.1, 0.15) is 33.1 Å². The average Bonchev–Trinajstić information content (AvgIpc) is 2.68. The van der Waals surface area contributed by atoms with E-state index in [1.54, 1.807) is 7.11 Å². The number of rotatable bonds is 7. The molecular weight excluding hydrogens is 264 g/mol. The third-order valence-electron chi connectivity index (χ3n) is 3.73. The number of carboxylic acid groups (broad SMARTS) is 1. The topological polar surface area (TPSA) is 96.9 Å². The maximum Gasteiger partial charge on any atom is 0.326 e. The van der Waals surface area contributed by atoms with E-state index in [2.05, 4.69) is 10.6 Å². The van der Waals surface area contributed by atoms with E-state index >= 15 is 0 Å². The summed E-state index contributed by atoms with van der Waals surface area (Å²) in [6.07, 6.45) is 1.53. The lowest BCUT2D eigenvalue weighted by Gasteiger charge is -2.29. The van der Waals surface area contributed by atoms with E-state index in [-0.39, 0.29) is 6.10 Å². The van der Waals surface area contributed by atoms with Gasteiger partial charge in [0, 0.05) is 20.3 Å². The first-order valence-corrected chi connectivity index (χ1v) is 6.81. The number of carbonyl (C=O) groups is 2. The molecule has 0 bridgehead atoms. The minimum Gasteiger partial charge on any atom is -0.480 e. The lowest BCUT2D eigenvalue weighted by Crippen LogP contribution is -2.56. The molecule has 1 aliphatic heterocycles. The Balaban J connectivity index is 2.47. The van der Waals surface area contributed by atoms with Crippen LogP contribution in [0.4, 0.5) is 4.79 Å². The summed E-state index contributed by atoms with van der Waals surface area (Å²) < 4.78 is 10.3. The summed E-state index contributed by atoms with van der Waals surface area (Å²) >= 11 is 0. The SMILES string of the molecule is COCCCC(NC(=O)NC1(C)CCOC1C)C(=O)O. The molecule has 0 spiro atoms. The molecule has 7 heteroatoms. The highest BCUT2D eigenvalue weighted by molar-refractivity contribution is 5.82. The first kappa shape index (κ1) is 16.7. The summed E-state index contributed by atoms with van der Waals surface area (Å²) in [7, 11) is 1.55. The van der Waals surface area contributed by atoms with Crippen LogP contribution in [0.25, 0.3) is 0 Å². The Labute approximate surface area is 119 Å². The fourth-order valence-electron chi connectivity index (χ4n) is 2.14. The number of ether oxygens (including phenoxy) is 2. The monoisotopic (exact) mass is 288 g/mol. The maximum absolute atomic E-state index is 11.9. The van der Waals surface area contributed by atoms with Crippen LogP contribution in [-0.4, -0.2) is 55.1 Å². The minimum atomic E-state index is -1.04. The number of urea groups is 1. The molecular formula is C13H24N2O5. The second kappa shape index (κ2) is 7.44. The van der Waals surface area contributed by atoms with E-state index in [4.69, 9.17) is 14.6 Å². The summed E-state index contributed by atoms with van der Waals surface area (Å²) in [5, 5.41) is 14.4. The molecule has 3 unspecified atom stereocenters. The number of carboxylic acids is 1. The summed E-state index contributed by atoms with van der Waals surface area (Å²) in [6.45, 7) is 4.84. The highest BCUT2D eigenvalue weighted by atomic mass is 16.5. The Hall–Kier alpha value is -1.34. The van der Waals surface area contributed by atoms with Gasteiger partial charge in [-0.05, 0) is 33.1 Å². The number of carbonyl (C=O) groups excluding carboxylic acids is 1. The molecule has 0 aromatic carbocycles. The van der Waals surface area contributed by atoms with Crippen molar-refractivity contribution in [3.8, 4) is 0 Å². The van der Waals surface area contributed by atoms with Gasteiger partial charge in [0.1, 0.15) is 6.04 Å². The molecule has 0 aromatic heterocycles. The van der Waals surface area contributed by atoms with Gasteiger partial charge in [-0.15, -0.1) is 0 Å². The number of hydrogen-bond acceptors (Lipinski definition) is 4. The second-order valence-electron chi connectivity index (χ2n) is 5.30. The quantitative estimate of drug-likeness (QED) is 0.600. The first-order chi connectivity index (χ1) is 9.39. The van der Waals surface area contributed by atoms with Crippen LogP contribution in [0.3, 0.4) is 0 Å². The van der Waals surface area contributed by atoms with Gasteiger partial charge in [0.05, 0.1) is 11.6 Å². The van der Waals surface area contributed by atoms with Crippen molar-refractivity contribution >= 4 is 12.0 Å². The largest absolute Gasteiger partial charge is 0.480 e. The number of hydrogen-bond donors (Lipinski definition) is 3. The van der Waals surface area contributed by atoms with Crippen LogP contribution in [0.15, 0.2) is 0 Å². The Bertz CT molecular complexity index is 350. The molecule has 1 rings (SSSR count). The summed E-state index contributed by atoms with van der Waals surface area (Å²) in [5.41, 5.74) is -0.459. The van der Waals surface area contributed by atoms with E-state index < -0.39 is 23.6 Å². The summed E-state index contributed by atoms with van der Waals surface area (Å²) in [5.74, 6) is -1.04. The van der Waals surface area contributed by atoms with Gasteiger partial charge >= 0.3 is 12.0 Å². The smallest absolute Gasteiger partial charge is 0.326 e. The predicted octanol–water partition coefficient (Wildman–Crippen LogP) is 0.733. The van der Waals surface area contributed by atoms with Gasteiger partial charge in [0.15, 0.2) is 0 Å². The van der Waals surface area contributed by atoms with Crippen molar-refractivity contribution in [3.63, 3.8) is 0 Å². The zero-order chi connectivity index (χ0) is 15.2. The van der Waals surface area contributed by atoms with Crippen molar-refractivity contribution in [2.45, 2.75) is 50.8 Å². The molecule has 0 aromatic rings. The Morgan fingerprint density at radius 3 is 2.75 bits per heavy atom. The fraction of sp³-hybridized carbons (Fsp3) is 0.846. The molecule has 2 amide bonds. The molecule has 3 atom stereocenters. The van der Waals surface area contributed by atoms with Gasteiger partial charge in [-0.3, -0.25) is 0 Å². The Morgan fingerprint density at radius 1 is 1.55 bits per heavy atom. The molecule has 7 nitrogen and oxygen atoms in total. The van der Waals surface area contributed by atoms with Gasteiger partial charge in [-0.25, -0.2) is 9.59 Å². The van der Waals surface area contributed by atoms with Crippen LogP contribution >= 0.6 is 0 Å². The van der Waals surface area contributed by atoms with E-state index in [0.717, 1.165) is 0 Å². The molecule has 1 heterocycles. The van der Waals surface area contributed by atoms with Crippen LogP contribution in [-0.2, 0) is 14.3 Å². The molecule has 0 saturated carbocycles. The number of methoxy groups -OCH3 is 1. The second-order valence-corrected chi connectivity index (χ2v) is 5.30. The van der Waals surface area contributed by atoms with Crippen molar-refractivity contribution in [3.05, 3.63) is 0 Å². The number of nitrogens with one attached hydrogen (secondary N) is 2. The maximum atomic E-state index is 11.9. The highest BCUT2D eigenvalue weighted by Crippen LogP contribution is 2.24. The van der Waals surface area contributed by atoms with Crippen molar-refractivity contribution in [1.29, 1.82) is 0 Å². The Kier molecular flexibility index (Phi) is 6.22. The fourth-order valence-corrected chi connectivity index (χ4v) is 2.14. The van der Waals surface area contributed by atoms with Gasteiger partial charge in [-0.2, -0.15) is 0 Å². The highest BCUT2D eigenvalue weighted by Gasteiger charge is 2.38. The van der Waals surface area contributed by atoms with Gasteiger partial charge in [0.2, 0.25) is 0 Å². The van der Waals surface area contributed by atoms with Crippen molar-refractivity contribution in [2.24, 2.45) is 0 Å². The summed E-state index contributed by atoms with van der Waals surface area (Å²) in [4.78, 5) is 23.0. The van der Waals surface area contributed by atoms with E-state index in [0.29, 0.717) is 32.5 Å². The molecule has 3 N–H and O–H groups in total. The van der Waals surface area contributed by atoms with Crippen LogP contribution in [0.5, 0.6) is 0 Å². The standard InChI is InChI=1S/C13H24N2O5/c1-9-13(2,6-8-20-9)15-12(18)14-10(11(16)17)5-4-7-19-3/h9-10H,4-8H2,1-3H3,(H,16,17)(H2,14,15,18). The van der Waals surface area contributed by atoms with Crippen molar-refractivity contribution in [1.82, 2.24) is 10.6 Å². The Morgan fingerprint density at radius 2 is 2.25 bits per heavy atom. The van der Waals surface area contributed by atoms with E-state index in [9.17, 15) is 9.59 Å². The van der Waals surface area contributed by atoms with Crippen LogP contribution in [0, 0.1) is 0 Å². The molecule has 0 radical (unpaired) electrons. The number of aliphatic carboxylic acids is 1. The molecule has 1 aliphatic rings. The van der Waals surface area contributed by atoms with E-state index in [1.807, 2.05) is 13.8 Å². The predicted molar refractivity (Wildman–Crippen MR) is 72.6 cm³/mol. The zero-order valence-corrected chi connectivity index (χ0v) is 12.3. The van der Waals surface area contributed by atoms with Crippen molar-refractivity contribution < 1.29 is 24.2 Å². The van der Waals surface area contributed by atoms with Crippen LogP contribution in [0.2, 0.25) is 0 Å². The molecule has 1 saturated heterocycles. The third kappa shape index (κ3) is 4.64. The summed E-state index contributed by atoms with van der Waals surface area (Å²) in [6, 6.07) is -1.39. The van der Waals surface area contributed by atoms with Gasteiger partial charge in [-0.1, -0.05) is 0 Å². The van der Waals surface area contributed by atoms with Gasteiger partial charge < -0.3 is 25.2 Å². The lowest BCUT2D eigenvalue weighted by atomic mass is 9.95. The van der Waals surface area contributed by atoms with E-state index in [1.165, 1.54) is 0 Å². The van der Waals surface area contributed by atoms with Gasteiger partial charge in [0.25, 0.3) is 0 Å². The normalized spacial score (nSPS) is 27.1. The van der Waals surface area contributed by atoms with Crippen LogP contribution < -0.4 is 10.6 Å². The molecule has 0 aliphatic carbocycles. The average molecular weight is 288 g/mol.